The SMILES string of the molecule is COCCC(NC(=O)C(c1ccccc1)N1CCCCC1=O)C(=O)O. The topological polar surface area (TPSA) is 95.9 Å². The van der Waals surface area contributed by atoms with Gasteiger partial charge in [0.2, 0.25) is 11.8 Å². The Morgan fingerprint density at radius 3 is 2.60 bits per heavy atom. The fourth-order valence-electron chi connectivity index (χ4n) is 2.95. The fourth-order valence-corrected chi connectivity index (χ4v) is 2.95. The lowest BCUT2D eigenvalue weighted by molar-refractivity contribution is -0.146. The molecule has 0 saturated carbocycles. The first-order valence-electron chi connectivity index (χ1n) is 8.41. The van der Waals surface area contributed by atoms with E-state index < -0.39 is 24.0 Å². The number of likely N-dealkylation sites (tertiary alicyclic amines) is 1. The molecule has 7 nitrogen and oxygen atoms in total. The van der Waals surface area contributed by atoms with Crippen molar-refractivity contribution in [1.29, 1.82) is 0 Å². The van der Waals surface area contributed by atoms with E-state index >= 15 is 0 Å². The lowest BCUT2D eigenvalue weighted by atomic mass is 10.00. The van der Waals surface area contributed by atoms with Gasteiger partial charge < -0.3 is 20.1 Å². The van der Waals surface area contributed by atoms with Crippen LogP contribution in [0.3, 0.4) is 0 Å². The molecule has 0 spiro atoms. The number of ether oxygens (including phenoxy) is 1. The Hall–Kier alpha value is -2.41. The summed E-state index contributed by atoms with van der Waals surface area (Å²) in [6.07, 6.45) is 2.20. The van der Waals surface area contributed by atoms with Crippen LogP contribution in [0.25, 0.3) is 0 Å². The van der Waals surface area contributed by atoms with Crippen LogP contribution < -0.4 is 5.32 Å². The highest BCUT2D eigenvalue weighted by Gasteiger charge is 2.34. The average molecular weight is 348 g/mol. The Kier molecular flexibility index (Phi) is 6.94. The maximum Gasteiger partial charge on any atom is 0.326 e. The first kappa shape index (κ1) is 18.9. The Bertz CT molecular complexity index is 605. The van der Waals surface area contributed by atoms with E-state index in [-0.39, 0.29) is 18.9 Å². The lowest BCUT2D eigenvalue weighted by Crippen LogP contribution is -2.50. The molecular formula is C18H24N2O5. The van der Waals surface area contributed by atoms with Crippen molar-refractivity contribution in [3.8, 4) is 0 Å². The Labute approximate surface area is 147 Å². The van der Waals surface area contributed by atoms with Crippen LogP contribution in [0.2, 0.25) is 0 Å². The number of rotatable bonds is 8. The third kappa shape index (κ3) is 5.03. The maximum absolute atomic E-state index is 12.9. The van der Waals surface area contributed by atoms with Gasteiger partial charge in [-0.1, -0.05) is 30.3 Å². The molecule has 7 heteroatoms. The summed E-state index contributed by atoms with van der Waals surface area (Å²) < 4.78 is 4.90. The number of benzene rings is 1. The molecule has 1 aliphatic rings. The van der Waals surface area contributed by atoms with E-state index in [2.05, 4.69) is 5.32 Å². The molecule has 0 bridgehead atoms. The van der Waals surface area contributed by atoms with Crippen LogP contribution in [0.1, 0.15) is 37.3 Å². The summed E-state index contributed by atoms with van der Waals surface area (Å²) in [7, 11) is 1.47. The van der Waals surface area contributed by atoms with Gasteiger partial charge in [0, 0.05) is 33.1 Å². The van der Waals surface area contributed by atoms with Crippen molar-refractivity contribution in [2.24, 2.45) is 0 Å². The van der Waals surface area contributed by atoms with Crippen LogP contribution in [0.5, 0.6) is 0 Å². The standard InChI is InChI=1S/C18H24N2O5/c1-25-12-10-14(18(23)24)19-17(22)16(13-7-3-2-4-8-13)20-11-6-5-9-15(20)21/h2-4,7-8,14,16H,5-6,9-12H2,1H3,(H,19,22)(H,23,24). The van der Waals surface area contributed by atoms with Gasteiger partial charge in [-0.2, -0.15) is 0 Å². The first-order valence-corrected chi connectivity index (χ1v) is 8.41. The van der Waals surface area contributed by atoms with Crippen LogP contribution in [0, 0.1) is 0 Å². The van der Waals surface area contributed by atoms with Gasteiger partial charge in [-0.05, 0) is 18.4 Å². The normalized spacial score (nSPS) is 17.0. The van der Waals surface area contributed by atoms with E-state index in [9.17, 15) is 19.5 Å². The van der Waals surface area contributed by atoms with Gasteiger partial charge in [0.05, 0.1) is 0 Å². The van der Waals surface area contributed by atoms with Crippen molar-refractivity contribution in [3.63, 3.8) is 0 Å². The van der Waals surface area contributed by atoms with E-state index in [4.69, 9.17) is 4.74 Å². The molecule has 1 aromatic carbocycles. The smallest absolute Gasteiger partial charge is 0.326 e. The van der Waals surface area contributed by atoms with Crippen LogP contribution in [0.15, 0.2) is 30.3 Å². The molecule has 25 heavy (non-hydrogen) atoms. The second-order valence-electron chi connectivity index (χ2n) is 6.04. The molecule has 2 atom stereocenters. The highest BCUT2D eigenvalue weighted by atomic mass is 16.5. The molecule has 0 aliphatic carbocycles. The summed E-state index contributed by atoms with van der Waals surface area (Å²) in [6, 6.07) is 7.09. The zero-order valence-electron chi connectivity index (χ0n) is 14.3. The largest absolute Gasteiger partial charge is 0.480 e. The van der Waals surface area contributed by atoms with E-state index in [1.807, 2.05) is 6.07 Å². The van der Waals surface area contributed by atoms with Crippen LogP contribution >= 0.6 is 0 Å². The molecule has 0 aromatic heterocycles. The quantitative estimate of drug-likeness (QED) is 0.739. The summed E-state index contributed by atoms with van der Waals surface area (Å²) in [5, 5.41) is 11.9. The van der Waals surface area contributed by atoms with Crippen molar-refractivity contribution < 1.29 is 24.2 Å². The van der Waals surface area contributed by atoms with Gasteiger partial charge in [-0.25, -0.2) is 4.79 Å². The summed E-state index contributed by atoms with van der Waals surface area (Å²) in [4.78, 5) is 38.1. The number of carbonyl (C=O) groups excluding carboxylic acids is 2. The van der Waals surface area contributed by atoms with Crippen molar-refractivity contribution in [2.45, 2.75) is 37.8 Å². The second-order valence-corrected chi connectivity index (χ2v) is 6.04. The highest BCUT2D eigenvalue weighted by Crippen LogP contribution is 2.26. The molecule has 2 amide bonds. The molecule has 1 heterocycles. The minimum absolute atomic E-state index is 0.0842. The number of amides is 2. The number of piperidine rings is 1. The van der Waals surface area contributed by atoms with E-state index in [0.29, 0.717) is 18.5 Å². The Balaban J connectivity index is 2.23. The molecule has 1 aromatic rings. The predicted octanol–water partition coefficient (Wildman–Crippen LogP) is 1.35. The van der Waals surface area contributed by atoms with Gasteiger partial charge in [0.1, 0.15) is 12.1 Å². The molecule has 1 aliphatic heterocycles. The number of aliphatic carboxylic acids is 1. The van der Waals surface area contributed by atoms with Crippen LogP contribution in [0.4, 0.5) is 0 Å². The van der Waals surface area contributed by atoms with Crippen molar-refractivity contribution in [2.75, 3.05) is 20.3 Å². The number of hydrogen-bond donors (Lipinski definition) is 2. The second kappa shape index (κ2) is 9.17. The molecule has 1 saturated heterocycles. The third-order valence-corrected chi connectivity index (χ3v) is 4.26. The summed E-state index contributed by atoms with van der Waals surface area (Å²) in [6.45, 7) is 0.706. The number of nitrogens with one attached hydrogen (secondary N) is 1. The Morgan fingerprint density at radius 1 is 1.28 bits per heavy atom. The van der Waals surface area contributed by atoms with Crippen LogP contribution in [-0.2, 0) is 19.1 Å². The van der Waals surface area contributed by atoms with E-state index in [0.717, 1.165) is 12.8 Å². The monoisotopic (exact) mass is 348 g/mol. The number of methoxy groups -OCH3 is 1. The maximum atomic E-state index is 12.9. The number of carboxylic acids is 1. The summed E-state index contributed by atoms with van der Waals surface area (Å²) >= 11 is 0. The van der Waals surface area contributed by atoms with Gasteiger partial charge >= 0.3 is 5.97 Å². The van der Waals surface area contributed by atoms with E-state index in [1.54, 1.807) is 29.2 Å². The third-order valence-electron chi connectivity index (χ3n) is 4.26. The van der Waals surface area contributed by atoms with Gasteiger partial charge in [-0.15, -0.1) is 0 Å². The number of carboxylic acid groups (broad SMARTS) is 1. The minimum Gasteiger partial charge on any atom is -0.480 e. The fraction of sp³-hybridized carbons (Fsp3) is 0.500. The highest BCUT2D eigenvalue weighted by molar-refractivity contribution is 5.91. The zero-order valence-corrected chi connectivity index (χ0v) is 14.3. The summed E-state index contributed by atoms with van der Waals surface area (Å²) in [5.41, 5.74) is 0.672. The predicted molar refractivity (Wildman–Crippen MR) is 90.8 cm³/mol. The van der Waals surface area contributed by atoms with Gasteiger partial charge in [0.25, 0.3) is 0 Å². The zero-order chi connectivity index (χ0) is 18.2. The number of carbonyl (C=O) groups is 3. The molecular weight excluding hydrogens is 324 g/mol. The van der Waals surface area contributed by atoms with Crippen LogP contribution in [-0.4, -0.2) is 54.1 Å². The van der Waals surface area contributed by atoms with Crippen molar-refractivity contribution in [3.05, 3.63) is 35.9 Å². The Morgan fingerprint density at radius 2 is 2.00 bits per heavy atom. The molecule has 0 radical (unpaired) electrons. The van der Waals surface area contributed by atoms with E-state index in [1.165, 1.54) is 7.11 Å². The number of hydrogen-bond acceptors (Lipinski definition) is 4. The molecule has 2 unspecified atom stereocenters. The molecule has 2 N–H and O–H groups in total. The summed E-state index contributed by atoms with van der Waals surface area (Å²) in [5.74, 6) is -1.69. The number of nitrogens with zero attached hydrogens (tertiary/aromatic N) is 1. The molecule has 1 fully saturated rings. The molecule has 136 valence electrons. The lowest BCUT2D eigenvalue weighted by Gasteiger charge is -2.34. The minimum atomic E-state index is -1.12. The average Bonchev–Trinajstić information content (AvgIpc) is 2.61. The van der Waals surface area contributed by atoms with Crippen molar-refractivity contribution >= 4 is 17.8 Å². The van der Waals surface area contributed by atoms with Gasteiger partial charge in [-0.3, -0.25) is 9.59 Å². The first-order chi connectivity index (χ1) is 12.0. The van der Waals surface area contributed by atoms with Gasteiger partial charge in [0.15, 0.2) is 0 Å². The molecule has 2 rings (SSSR count). The van der Waals surface area contributed by atoms with Crippen molar-refractivity contribution in [1.82, 2.24) is 10.2 Å².